The average Bonchev–Trinajstić information content (AvgIpc) is 2.57. The largest absolute Gasteiger partial charge is 0.327 e. The van der Waals surface area contributed by atoms with Crippen LogP contribution < -0.4 is 16.0 Å². The second-order valence-corrected chi connectivity index (χ2v) is 6.32. The summed E-state index contributed by atoms with van der Waals surface area (Å²) in [5, 5.41) is 8.74. The molecule has 1 heterocycles. The highest BCUT2D eigenvalue weighted by molar-refractivity contribution is 6.33. The monoisotopic (exact) mass is 355 g/mol. The van der Waals surface area contributed by atoms with E-state index in [-0.39, 0.29) is 11.9 Å². The highest BCUT2D eigenvalue weighted by atomic mass is 35.5. The number of allylic oxidation sites excluding steroid dienone is 1. The van der Waals surface area contributed by atoms with Gasteiger partial charge in [0.15, 0.2) is 0 Å². The van der Waals surface area contributed by atoms with Crippen LogP contribution in [0.5, 0.6) is 0 Å². The Morgan fingerprint density at radius 2 is 1.76 bits per heavy atom. The molecule has 3 amide bonds. The molecule has 1 aliphatic rings. The summed E-state index contributed by atoms with van der Waals surface area (Å²) in [5.74, 6) is -0.316. The number of carbonyl (C=O) groups is 2. The lowest BCUT2D eigenvalue weighted by molar-refractivity contribution is -0.113. The van der Waals surface area contributed by atoms with Gasteiger partial charge in [0.1, 0.15) is 0 Å². The number of rotatable bonds is 3. The standard InChI is InChI=1S/C19H18ClN3O2/c1-11-7-9-13(10-8-11)17-16(12(2)21-19(25)23-17)18(24)22-15-6-4-3-5-14(15)20/h3-10,17H,1-2H3,(H,22,24)(H2,21,23,25)/t17-/m1/s1. The van der Waals surface area contributed by atoms with E-state index in [1.807, 2.05) is 31.2 Å². The average molecular weight is 356 g/mol. The lowest BCUT2D eigenvalue weighted by Gasteiger charge is -2.28. The van der Waals surface area contributed by atoms with Gasteiger partial charge < -0.3 is 16.0 Å². The molecule has 2 aromatic rings. The Morgan fingerprint density at radius 1 is 1.08 bits per heavy atom. The summed E-state index contributed by atoms with van der Waals surface area (Å²) in [6.45, 7) is 3.69. The molecule has 5 nitrogen and oxygen atoms in total. The third-order valence-corrected chi connectivity index (χ3v) is 4.38. The Morgan fingerprint density at radius 3 is 2.44 bits per heavy atom. The van der Waals surface area contributed by atoms with Crippen molar-refractivity contribution in [2.75, 3.05) is 5.32 Å². The summed E-state index contributed by atoms with van der Waals surface area (Å²) >= 11 is 6.12. The predicted molar refractivity (Wildman–Crippen MR) is 98.4 cm³/mol. The van der Waals surface area contributed by atoms with E-state index in [0.29, 0.717) is 22.0 Å². The van der Waals surface area contributed by atoms with E-state index in [4.69, 9.17) is 11.6 Å². The first-order valence-electron chi connectivity index (χ1n) is 7.86. The van der Waals surface area contributed by atoms with Gasteiger partial charge in [0, 0.05) is 5.70 Å². The first-order chi connectivity index (χ1) is 12.0. The maximum absolute atomic E-state index is 12.9. The van der Waals surface area contributed by atoms with Gasteiger partial charge in [0.2, 0.25) is 0 Å². The van der Waals surface area contributed by atoms with E-state index in [1.54, 1.807) is 31.2 Å². The van der Waals surface area contributed by atoms with Crippen LogP contribution in [0.1, 0.15) is 24.1 Å². The molecule has 0 aliphatic carbocycles. The second kappa shape index (κ2) is 6.99. The number of hydrogen-bond donors (Lipinski definition) is 3. The number of aryl methyl sites for hydroxylation is 1. The summed E-state index contributed by atoms with van der Waals surface area (Å²) in [7, 11) is 0. The number of para-hydroxylation sites is 1. The minimum atomic E-state index is -0.531. The smallest absolute Gasteiger partial charge is 0.319 e. The third-order valence-electron chi connectivity index (χ3n) is 4.05. The van der Waals surface area contributed by atoms with Crippen molar-refractivity contribution in [2.24, 2.45) is 0 Å². The lowest BCUT2D eigenvalue weighted by Crippen LogP contribution is -2.45. The van der Waals surface area contributed by atoms with Gasteiger partial charge in [-0.25, -0.2) is 4.79 Å². The Bertz CT molecular complexity index is 859. The number of amides is 3. The van der Waals surface area contributed by atoms with Crippen LogP contribution in [0.25, 0.3) is 0 Å². The van der Waals surface area contributed by atoms with Crippen molar-refractivity contribution in [1.82, 2.24) is 10.6 Å². The number of benzene rings is 2. The molecule has 1 atom stereocenters. The number of halogens is 1. The fourth-order valence-electron chi connectivity index (χ4n) is 2.76. The molecule has 0 fully saturated rings. The maximum Gasteiger partial charge on any atom is 0.319 e. The summed E-state index contributed by atoms with van der Waals surface area (Å²) in [4.78, 5) is 24.8. The molecule has 0 radical (unpaired) electrons. The highest BCUT2D eigenvalue weighted by Crippen LogP contribution is 2.29. The van der Waals surface area contributed by atoms with E-state index in [0.717, 1.165) is 11.1 Å². The Hall–Kier alpha value is -2.79. The molecule has 25 heavy (non-hydrogen) atoms. The van der Waals surface area contributed by atoms with Gasteiger partial charge in [-0.1, -0.05) is 53.6 Å². The van der Waals surface area contributed by atoms with Crippen LogP contribution in [0, 0.1) is 6.92 Å². The zero-order valence-corrected chi connectivity index (χ0v) is 14.6. The van der Waals surface area contributed by atoms with Crippen molar-refractivity contribution < 1.29 is 9.59 Å². The molecular formula is C19H18ClN3O2. The molecule has 6 heteroatoms. The number of urea groups is 1. The van der Waals surface area contributed by atoms with E-state index < -0.39 is 6.04 Å². The van der Waals surface area contributed by atoms with Crippen LogP contribution in [-0.4, -0.2) is 11.9 Å². The van der Waals surface area contributed by atoms with Crippen molar-refractivity contribution in [2.45, 2.75) is 19.9 Å². The molecule has 3 N–H and O–H groups in total. The topological polar surface area (TPSA) is 70.2 Å². The highest BCUT2D eigenvalue weighted by Gasteiger charge is 2.31. The fourth-order valence-corrected chi connectivity index (χ4v) is 2.94. The van der Waals surface area contributed by atoms with Crippen molar-refractivity contribution in [3.63, 3.8) is 0 Å². The molecule has 0 aromatic heterocycles. The Kier molecular flexibility index (Phi) is 4.76. The fraction of sp³-hybridized carbons (Fsp3) is 0.158. The van der Waals surface area contributed by atoms with Crippen molar-refractivity contribution in [3.05, 3.63) is 76.0 Å². The van der Waals surface area contributed by atoms with Gasteiger partial charge >= 0.3 is 6.03 Å². The third kappa shape index (κ3) is 3.67. The zero-order chi connectivity index (χ0) is 18.0. The minimum Gasteiger partial charge on any atom is -0.327 e. The van der Waals surface area contributed by atoms with Gasteiger partial charge in [-0.15, -0.1) is 0 Å². The molecule has 0 bridgehead atoms. The van der Waals surface area contributed by atoms with Crippen molar-refractivity contribution in [1.29, 1.82) is 0 Å². The van der Waals surface area contributed by atoms with Crippen LogP contribution in [0.15, 0.2) is 59.8 Å². The number of anilines is 1. The van der Waals surface area contributed by atoms with E-state index in [1.165, 1.54) is 0 Å². The van der Waals surface area contributed by atoms with Gasteiger partial charge in [0.25, 0.3) is 5.91 Å². The molecular weight excluding hydrogens is 338 g/mol. The minimum absolute atomic E-state index is 0.316. The molecule has 0 saturated carbocycles. The van der Waals surface area contributed by atoms with E-state index >= 15 is 0 Å². The maximum atomic E-state index is 12.9. The number of hydrogen-bond acceptors (Lipinski definition) is 2. The first kappa shape index (κ1) is 17.0. The van der Waals surface area contributed by atoms with Gasteiger partial charge in [0.05, 0.1) is 22.3 Å². The first-order valence-corrected chi connectivity index (χ1v) is 8.24. The number of nitrogens with one attached hydrogen (secondary N) is 3. The molecule has 0 unspecified atom stereocenters. The molecule has 3 rings (SSSR count). The van der Waals surface area contributed by atoms with Crippen LogP contribution in [0.2, 0.25) is 5.02 Å². The molecule has 0 spiro atoms. The molecule has 2 aromatic carbocycles. The lowest BCUT2D eigenvalue weighted by atomic mass is 9.94. The molecule has 1 aliphatic heterocycles. The predicted octanol–water partition coefficient (Wildman–Crippen LogP) is 3.92. The quantitative estimate of drug-likeness (QED) is 0.781. The SMILES string of the molecule is CC1=C(C(=O)Nc2ccccc2Cl)[C@@H](c2ccc(C)cc2)NC(=O)N1. The van der Waals surface area contributed by atoms with E-state index in [9.17, 15) is 9.59 Å². The van der Waals surface area contributed by atoms with Crippen LogP contribution in [0.4, 0.5) is 10.5 Å². The Labute approximate surface area is 151 Å². The van der Waals surface area contributed by atoms with Crippen molar-refractivity contribution >= 4 is 29.2 Å². The van der Waals surface area contributed by atoms with Gasteiger partial charge in [-0.3, -0.25) is 4.79 Å². The zero-order valence-electron chi connectivity index (χ0n) is 13.9. The summed E-state index contributed by atoms with van der Waals surface area (Å²) < 4.78 is 0. The molecule has 0 saturated heterocycles. The van der Waals surface area contributed by atoms with Gasteiger partial charge in [-0.05, 0) is 31.5 Å². The summed E-state index contributed by atoms with van der Waals surface area (Å²) in [6.07, 6.45) is 0. The molecule has 128 valence electrons. The van der Waals surface area contributed by atoms with Crippen molar-refractivity contribution in [3.8, 4) is 0 Å². The van der Waals surface area contributed by atoms with Crippen LogP contribution >= 0.6 is 11.6 Å². The Balaban J connectivity index is 1.96. The van der Waals surface area contributed by atoms with E-state index in [2.05, 4.69) is 16.0 Å². The van der Waals surface area contributed by atoms with Crippen LogP contribution in [0.3, 0.4) is 0 Å². The second-order valence-electron chi connectivity index (χ2n) is 5.91. The normalized spacial score (nSPS) is 16.9. The van der Waals surface area contributed by atoms with Crippen LogP contribution in [-0.2, 0) is 4.79 Å². The van der Waals surface area contributed by atoms with Gasteiger partial charge in [-0.2, -0.15) is 0 Å². The summed E-state index contributed by atoms with van der Waals surface area (Å²) in [5.41, 5.74) is 3.42. The number of carbonyl (C=O) groups excluding carboxylic acids is 2. The summed E-state index contributed by atoms with van der Waals surface area (Å²) in [6, 6.07) is 13.9.